The third kappa shape index (κ3) is 4.97. The highest BCUT2D eigenvalue weighted by atomic mass is 16.2. The zero-order chi connectivity index (χ0) is 15.1. The van der Waals surface area contributed by atoms with Gasteiger partial charge >= 0.3 is 0 Å². The molecule has 0 bridgehead atoms. The Labute approximate surface area is 123 Å². The Balaban J connectivity index is 2.56. The molecule has 0 aromatic heterocycles. The maximum atomic E-state index is 12.1. The van der Waals surface area contributed by atoms with Gasteiger partial charge in [0.1, 0.15) is 0 Å². The number of hydrogen-bond donors (Lipinski definition) is 1. The molecule has 0 heterocycles. The van der Waals surface area contributed by atoms with Gasteiger partial charge in [0.05, 0.1) is 0 Å². The molecule has 20 heavy (non-hydrogen) atoms. The molecular weight excluding hydrogens is 248 g/mol. The number of nitrogens with two attached hydrogens (primary N) is 1. The van der Waals surface area contributed by atoms with Crippen molar-refractivity contribution < 1.29 is 4.79 Å². The Bertz CT molecular complexity index is 408. The van der Waals surface area contributed by atoms with Gasteiger partial charge in [0.2, 0.25) is 5.91 Å². The Morgan fingerprint density at radius 2 is 1.85 bits per heavy atom. The van der Waals surface area contributed by atoms with Crippen molar-refractivity contribution in [2.75, 3.05) is 13.6 Å². The van der Waals surface area contributed by atoms with E-state index in [2.05, 4.69) is 45.0 Å². The maximum absolute atomic E-state index is 12.1. The molecule has 1 unspecified atom stereocenters. The van der Waals surface area contributed by atoms with E-state index in [4.69, 9.17) is 5.73 Å². The molecule has 0 radical (unpaired) electrons. The minimum atomic E-state index is 0.176. The third-order valence-electron chi connectivity index (χ3n) is 3.87. The first-order valence-electron chi connectivity index (χ1n) is 7.50. The summed E-state index contributed by atoms with van der Waals surface area (Å²) in [7, 11) is 1.86. The second kappa shape index (κ2) is 8.05. The van der Waals surface area contributed by atoms with Crippen LogP contribution in [-0.2, 0) is 11.3 Å². The van der Waals surface area contributed by atoms with Gasteiger partial charge in [0.15, 0.2) is 0 Å². The Hall–Kier alpha value is -1.35. The lowest BCUT2D eigenvalue weighted by Crippen LogP contribution is -2.29. The average molecular weight is 276 g/mol. The van der Waals surface area contributed by atoms with E-state index in [1.54, 1.807) is 4.90 Å². The fourth-order valence-corrected chi connectivity index (χ4v) is 2.17. The van der Waals surface area contributed by atoms with Crippen LogP contribution >= 0.6 is 0 Å². The highest BCUT2D eigenvalue weighted by Crippen LogP contribution is 2.16. The highest BCUT2D eigenvalue weighted by molar-refractivity contribution is 5.76. The van der Waals surface area contributed by atoms with Crippen molar-refractivity contribution >= 4 is 5.91 Å². The van der Waals surface area contributed by atoms with Crippen LogP contribution in [0.3, 0.4) is 0 Å². The quantitative estimate of drug-likeness (QED) is 0.831. The van der Waals surface area contributed by atoms with Crippen LogP contribution in [0, 0.1) is 5.92 Å². The van der Waals surface area contributed by atoms with Crippen LogP contribution < -0.4 is 5.73 Å². The van der Waals surface area contributed by atoms with Gasteiger partial charge in [0, 0.05) is 20.0 Å². The number of amides is 1. The fraction of sp³-hybridized carbons (Fsp3) is 0.588. The van der Waals surface area contributed by atoms with Crippen molar-refractivity contribution in [1.82, 2.24) is 4.90 Å². The van der Waals surface area contributed by atoms with Crippen LogP contribution in [0.1, 0.15) is 50.7 Å². The Morgan fingerprint density at radius 3 is 2.30 bits per heavy atom. The van der Waals surface area contributed by atoms with Crippen LogP contribution in [-0.4, -0.2) is 24.4 Å². The second-order valence-corrected chi connectivity index (χ2v) is 5.86. The van der Waals surface area contributed by atoms with Gasteiger partial charge in [-0.05, 0) is 29.5 Å². The molecule has 1 aromatic rings. The summed E-state index contributed by atoms with van der Waals surface area (Å²) in [5.74, 6) is 1.02. The van der Waals surface area contributed by atoms with E-state index < -0.39 is 0 Å². The van der Waals surface area contributed by atoms with Crippen LogP contribution in [0.25, 0.3) is 0 Å². The van der Waals surface area contributed by atoms with E-state index in [9.17, 15) is 4.79 Å². The largest absolute Gasteiger partial charge is 0.341 e. The van der Waals surface area contributed by atoms with Crippen molar-refractivity contribution in [3.63, 3.8) is 0 Å². The number of rotatable bonds is 7. The first kappa shape index (κ1) is 16.7. The van der Waals surface area contributed by atoms with Gasteiger partial charge in [-0.25, -0.2) is 0 Å². The third-order valence-corrected chi connectivity index (χ3v) is 3.87. The summed E-state index contributed by atoms with van der Waals surface area (Å²) in [5.41, 5.74) is 8.16. The lowest BCUT2D eigenvalue weighted by molar-refractivity contribution is -0.131. The summed E-state index contributed by atoms with van der Waals surface area (Å²) in [6.07, 6.45) is 1.51. The Morgan fingerprint density at radius 1 is 1.25 bits per heavy atom. The van der Waals surface area contributed by atoms with E-state index >= 15 is 0 Å². The highest BCUT2D eigenvalue weighted by Gasteiger charge is 2.14. The molecule has 2 N–H and O–H groups in total. The van der Waals surface area contributed by atoms with Gasteiger partial charge in [-0.15, -0.1) is 0 Å². The van der Waals surface area contributed by atoms with Crippen LogP contribution in [0.4, 0.5) is 0 Å². The van der Waals surface area contributed by atoms with Crippen molar-refractivity contribution in [2.45, 2.75) is 46.1 Å². The normalized spacial score (nSPS) is 12.5. The SMILES string of the molecule is CCC(CN)CC(=O)N(C)Cc1ccc(C(C)C)cc1. The molecule has 0 aliphatic heterocycles. The van der Waals surface area contributed by atoms with Gasteiger partial charge in [0.25, 0.3) is 0 Å². The molecule has 1 rings (SSSR count). The number of carbonyl (C=O) groups excluding carboxylic acids is 1. The van der Waals surface area contributed by atoms with Crippen molar-refractivity contribution in [3.8, 4) is 0 Å². The molecule has 0 spiro atoms. The fourth-order valence-electron chi connectivity index (χ4n) is 2.17. The van der Waals surface area contributed by atoms with Crippen molar-refractivity contribution in [1.29, 1.82) is 0 Å². The van der Waals surface area contributed by atoms with Gasteiger partial charge in [-0.1, -0.05) is 51.5 Å². The smallest absolute Gasteiger partial charge is 0.222 e. The first-order chi connectivity index (χ1) is 9.47. The summed E-state index contributed by atoms with van der Waals surface area (Å²) < 4.78 is 0. The van der Waals surface area contributed by atoms with Crippen molar-refractivity contribution in [2.24, 2.45) is 11.7 Å². The molecule has 0 saturated heterocycles. The number of nitrogens with zero attached hydrogens (tertiary/aromatic N) is 1. The maximum Gasteiger partial charge on any atom is 0.222 e. The molecular formula is C17H28N2O. The van der Waals surface area contributed by atoms with Crippen LogP contribution in [0.5, 0.6) is 0 Å². The summed E-state index contributed by atoms with van der Waals surface area (Å²) in [6, 6.07) is 8.51. The molecule has 112 valence electrons. The van der Waals surface area contributed by atoms with Gasteiger partial charge in [-0.3, -0.25) is 4.79 Å². The van der Waals surface area contributed by atoms with Crippen LogP contribution in [0.2, 0.25) is 0 Å². The molecule has 0 aliphatic carbocycles. The summed E-state index contributed by atoms with van der Waals surface area (Å²) in [4.78, 5) is 13.9. The molecule has 0 fully saturated rings. The van der Waals surface area contributed by atoms with Gasteiger partial charge in [-0.2, -0.15) is 0 Å². The molecule has 1 atom stereocenters. The number of carbonyl (C=O) groups is 1. The average Bonchev–Trinajstić information content (AvgIpc) is 2.44. The summed E-state index contributed by atoms with van der Waals surface area (Å²) in [6.45, 7) is 7.69. The molecule has 3 nitrogen and oxygen atoms in total. The Kier molecular flexibility index (Phi) is 6.73. The zero-order valence-electron chi connectivity index (χ0n) is 13.2. The van der Waals surface area contributed by atoms with E-state index in [1.807, 2.05) is 7.05 Å². The second-order valence-electron chi connectivity index (χ2n) is 5.86. The van der Waals surface area contributed by atoms with Crippen LogP contribution in [0.15, 0.2) is 24.3 Å². The van der Waals surface area contributed by atoms with E-state index in [1.165, 1.54) is 11.1 Å². The predicted octanol–water partition coefficient (Wildman–Crippen LogP) is 3.14. The molecule has 1 amide bonds. The lowest BCUT2D eigenvalue weighted by atomic mass is 10.0. The molecule has 1 aromatic carbocycles. The topological polar surface area (TPSA) is 46.3 Å². The van der Waals surface area contributed by atoms with E-state index in [-0.39, 0.29) is 5.91 Å². The summed E-state index contributed by atoms with van der Waals surface area (Å²) >= 11 is 0. The first-order valence-corrected chi connectivity index (χ1v) is 7.50. The molecule has 3 heteroatoms. The van der Waals surface area contributed by atoms with E-state index in [0.29, 0.717) is 31.3 Å². The standard InChI is InChI=1S/C17H28N2O/c1-5-14(11-18)10-17(20)19(4)12-15-6-8-16(9-7-15)13(2)3/h6-9,13-14H,5,10-12,18H2,1-4H3. The number of hydrogen-bond acceptors (Lipinski definition) is 2. The minimum Gasteiger partial charge on any atom is -0.341 e. The molecule has 0 aliphatic rings. The molecule has 0 saturated carbocycles. The number of benzene rings is 1. The lowest BCUT2D eigenvalue weighted by Gasteiger charge is -2.20. The zero-order valence-corrected chi connectivity index (χ0v) is 13.2. The summed E-state index contributed by atoms with van der Waals surface area (Å²) in [5, 5.41) is 0. The predicted molar refractivity (Wildman–Crippen MR) is 84.5 cm³/mol. The van der Waals surface area contributed by atoms with E-state index in [0.717, 1.165) is 6.42 Å². The monoisotopic (exact) mass is 276 g/mol. The van der Waals surface area contributed by atoms with Crippen molar-refractivity contribution in [3.05, 3.63) is 35.4 Å². The minimum absolute atomic E-state index is 0.176. The van der Waals surface area contributed by atoms with Gasteiger partial charge < -0.3 is 10.6 Å².